The Morgan fingerprint density at radius 1 is 1.00 bits per heavy atom. The number of para-hydroxylation sites is 1. The van der Waals surface area contributed by atoms with Crippen LogP contribution in [-0.2, 0) is 0 Å². The Balaban J connectivity index is 0.00000155. The average molecular weight is 405 g/mol. The van der Waals surface area contributed by atoms with Gasteiger partial charge in [0.25, 0.3) is 0 Å². The van der Waals surface area contributed by atoms with Crippen molar-refractivity contribution < 1.29 is 4.58 Å². The van der Waals surface area contributed by atoms with Crippen LogP contribution in [0.3, 0.4) is 0 Å². The summed E-state index contributed by atoms with van der Waals surface area (Å²) in [5.74, 6) is 0.532. The van der Waals surface area contributed by atoms with Crippen LogP contribution in [0.25, 0.3) is 0 Å². The maximum Gasteiger partial charge on any atom is 0.234 e. The highest BCUT2D eigenvalue weighted by Crippen LogP contribution is 2.30. The van der Waals surface area contributed by atoms with Crippen molar-refractivity contribution in [3.63, 3.8) is 0 Å². The smallest absolute Gasteiger partial charge is 0.234 e. The van der Waals surface area contributed by atoms with Gasteiger partial charge in [0.05, 0.1) is 6.08 Å². The molecule has 0 amide bonds. The lowest BCUT2D eigenvalue weighted by atomic mass is 9.99. The van der Waals surface area contributed by atoms with E-state index in [0.29, 0.717) is 5.92 Å². The molecule has 2 aromatic rings. The highest BCUT2D eigenvalue weighted by Gasteiger charge is 2.32. The van der Waals surface area contributed by atoms with Gasteiger partial charge < -0.3 is 10.6 Å². The minimum atomic E-state index is 0.532. The topological polar surface area (TPSA) is 27.1 Å². The van der Waals surface area contributed by atoms with Crippen LogP contribution in [-0.4, -0.2) is 16.8 Å². The van der Waals surface area contributed by atoms with Crippen LogP contribution >= 0.6 is 0 Å². The largest absolute Gasteiger partial charge is 0.355 e. The Morgan fingerprint density at radius 3 is 2.20 bits per heavy atom. The summed E-state index contributed by atoms with van der Waals surface area (Å²) in [7, 11) is 0. The van der Waals surface area contributed by atoms with E-state index < -0.39 is 0 Å². The highest BCUT2D eigenvalue weighted by atomic mass is 15.1. The van der Waals surface area contributed by atoms with Gasteiger partial charge in [0.2, 0.25) is 5.70 Å². The molecule has 0 atom stereocenters. The standard InChI is InChI=1S/C25H32N3.C2H6/c1-8-28-23(16(2)3)15-24(28)20(7)26-21-13-12-17(4)22(14-21)27-25-18(5)10-9-11-19(25)6;1-2/h9-16,26-27H,7-8H2,1-6H3;1-2H3/q+1;. The van der Waals surface area contributed by atoms with E-state index in [2.05, 4.69) is 106 Å². The molecule has 30 heavy (non-hydrogen) atoms. The molecule has 0 spiro atoms. The van der Waals surface area contributed by atoms with Gasteiger partial charge in [-0.05, 0) is 56.5 Å². The van der Waals surface area contributed by atoms with Gasteiger partial charge >= 0.3 is 0 Å². The number of nitrogens with zero attached hydrogens (tertiary/aromatic N) is 1. The van der Waals surface area contributed by atoms with Crippen molar-refractivity contribution in [3.8, 4) is 0 Å². The molecule has 1 heterocycles. The highest BCUT2D eigenvalue weighted by molar-refractivity contribution is 5.97. The molecule has 160 valence electrons. The van der Waals surface area contributed by atoms with Gasteiger partial charge in [0.15, 0.2) is 5.71 Å². The van der Waals surface area contributed by atoms with Gasteiger partial charge in [-0.15, -0.1) is 0 Å². The molecular weight excluding hydrogens is 366 g/mol. The first kappa shape index (κ1) is 23.5. The molecule has 2 N–H and O–H groups in total. The van der Waals surface area contributed by atoms with Crippen molar-refractivity contribution in [2.75, 3.05) is 17.2 Å². The maximum atomic E-state index is 4.27. The second-order valence-corrected chi connectivity index (χ2v) is 7.88. The van der Waals surface area contributed by atoms with E-state index in [0.717, 1.165) is 23.6 Å². The van der Waals surface area contributed by atoms with Gasteiger partial charge in [-0.3, -0.25) is 0 Å². The molecule has 3 nitrogen and oxygen atoms in total. The van der Waals surface area contributed by atoms with Crippen LogP contribution < -0.4 is 10.6 Å². The Morgan fingerprint density at radius 2 is 1.63 bits per heavy atom. The van der Waals surface area contributed by atoms with E-state index in [1.165, 1.54) is 33.8 Å². The lowest BCUT2D eigenvalue weighted by molar-refractivity contribution is -0.482. The fourth-order valence-electron chi connectivity index (χ4n) is 3.67. The van der Waals surface area contributed by atoms with Crippen LogP contribution in [0.2, 0.25) is 0 Å². The van der Waals surface area contributed by atoms with Crippen molar-refractivity contribution in [1.82, 2.24) is 0 Å². The molecule has 1 aliphatic rings. The Kier molecular flexibility index (Phi) is 8.05. The number of likely N-dealkylation sites (N-methyl/N-ethyl adjacent to an activating group) is 1. The van der Waals surface area contributed by atoms with Crippen molar-refractivity contribution in [2.45, 2.75) is 55.4 Å². The normalized spacial score (nSPS) is 12.6. The number of hydrogen-bond acceptors (Lipinski definition) is 2. The molecule has 1 aliphatic heterocycles. The van der Waals surface area contributed by atoms with Gasteiger partial charge in [-0.1, -0.05) is 58.5 Å². The first-order chi connectivity index (χ1) is 14.3. The molecule has 2 aromatic carbocycles. The molecule has 0 unspecified atom stereocenters. The Hall–Kier alpha value is -2.81. The van der Waals surface area contributed by atoms with E-state index in [1.807, 2.05) is 13.8 Å². The SMILES string of the molecule is C=C(Nc1ccc(C)c(Nc2c(C)cccc2C)c1)C1=CC(C(C)C)=[N+]1CC.CC. The van der Waals surface area contributed by atoms with Crippen LogP contribution in [0, 0.1) is 26.7 Å². The third kappa shape index (κ3) is 5.02. The van der Waals surface area contributed by atoms with Crippen LogP contribution in [0.15, 0.2) is 60.4 Å². The summed E-state index contributed by atoms with van der Waals surface area (Å²) < 4.78 is 2.34. The minimum Gasteiger partial charge on any atom is -0.355 e. The molecule has 0 aromatic heterocycles. The van der Waals surface area contributed by atoms with Crippen molar-refractivity contribution in [2.24, 2.45) is 5.92 Å². The number of nitrogens with one attached hydrogen (secondary N) is 2. The molecular formula is C27H38N3+. The lowest BCUT2D eigenvalue weighted by Crippen LogP contribution is -2.33. The molecule has 0 saturated carbocycles. The monoisotopic (exact) mass is 404 g/mol. The number of allylic oxidation sites excluding steroid dienone is 1. The van der Waals surface area contributed by atoms with Crippen molar-refractivity contribution >= 4 is 22.8 Å². The molecule has 0 saturated heterocycles. The third-order valence-corrected chi connectivity index (χ3v) is 5.38. The maximum absolute atomic E-state index is 4.27. The first-order valence-corrected chi connectivity index (χ1v) is 11.1. The van der Waals surface area contributed by atoms with Crippen LogP contribution in [0.5, 0.6) is 0 Å². The zero-order valence-electron chi connectivity index (χ0n) is 20.0. The van der Waals surface area contributed by atoms with Crippen molar-refractivity contribution in [1.29, 1.82) is 0 Å². The van der Waals surface area contributed by atoms with E-state index in [4.69, 9.17) is 0 Å². The molecule has 0 fully saturated rings. The number of hydrogen-bond donors (Lipinski definition) is 2. The van der Waals surface area contributed by atoms with Crippen LogP contribution in [0.4, 0.5) is 17.1 Å². The number of anilines is 3. The third-order valence-electron chi connectivity index (χ3n) is 5.38. The zero-order chi connectivity index (χ0) is 22.4. The molecule has 3 heteroatoms. The van der Waals surface area contributed by atoms with Gasteiger partial charge in [-0.25, -0.2) is 0 Å². The van der Waals surface area contributed by atoms with E-state index in [1.54, 1.807) is 0 Å². The number of rotatable bonds is 7. The van der Waals surface area contributed by atoms with Gasteiger partial charge in [-0.2, -0.15) is 4.58 Å². The quantitative estimate of drug-likeness (QED) is 0.472. The van der Waals surface area contributed by atoms with Crippen LogP contribution in [0.1, 0.15) is 51.3 Å². The predicted octanol–water partition coefficient (Wildman–Crippen LogP) is 7.33. The summed E-state index contributed by atoms with van der Waals surface area (Å²) in [5, 5.41) is 7.12. The summed E-state index contributed by atoms with van der Waals surface area (Å²) in [6.45, 7) is 22.3. The minimum absolute atomic E-state index is 0.532. The molecule has 0 bridgehead atoms. The lowest BCUT2D eigenvalue weighted by Gasteiger charge is -2.21. The van der Waals surface area contributed by atoms with E-state index >= 15 is 0 Å². The summed E-state index contributed by atoms with van der Waals surface area (Å²) in [6, 6.07) is 12.8. The Bertz CT molecular complexity index is 957. The Labute approximate surface area is 183 Å². The van der Waals surface area contributed by atoms with Gasteiger partial charge in [0.1, 0.15) is 12.2 Å². The summed E-state index contributed by atoms with van der Waals surface area (Å²) >= 11 is 0. The van der Waals surface area contributed by atoms with Crippen molar-refractivity contribution in [3.05, 3.63) is 77.1 Å². The van der Waals surface area contributed by atoms with E-state index in [9.17, 15) is 0 Å². The molecule has 0 radical (unpaired) electrons. The molecule has 3 rings (SSSR count). The zero-order valence-corrected chi connectivity index (χ0v) is 20.0. The fourth-order valence-corrected chi connectivity index (χ4v) is 3.67. The second-order valence-electron chi connectivity index (χ2n) is 7.88. The fraction of sp³-hybridized carbons (Fsp3) is 0.370. The molecule has 0 aliphatic carbocycles. The summed E-state index contributed by atoms with van der Waals surface area (Å²) in [5.41, 5.74) is 10.5. The number of benzene rings is 2. The first-order valence-electron chi connectivity index (χ1n) is 11.1. The second kappa shape index (κ2) is 10.3. The average Bonchev–Trinajstić information content (AvgIpc) is 2.68. The predicted molar refractivity (Wildman–Crippen MR) is 133 cm³/mol. The van der Waals surface area contributed by atoms with Gasteiger partial charge in [0, 0.05) is 23.0 Å². The van der Waals surface area contributed by atoms with E-state index in [-0.39, 0.29) is 0 Å². The summed E-state index contributed by atoms with van der Waals surface area (Å²) in [6.07, 6.45) is 2.24. The number of aryl methyl sites for hydroxylation is 3. The summed E-state index contributed by atoms with van der Waals surface area (Å²) in [4.78, 5) is 0.